The zero-order valence-electron chi connectivity index (χ0n) is 13.7. The van der Waals surface area contributed by atoms with Crippen molar-refractivity contribution in [3.63, 3.8) is 0 Å². The molecule has 0 bridgehead atoms. The van der Waals surface area contributed by atoms with Crippen LogP contribution in [0, 0.1) is 11.8 Å². The van der Waals surface area contributed by atoms with Crippen molar-refractivity contribution in [3.05, 3.63) is 29.8 Å². The predicted octanol–water partition coefficient (Wildman–Crippen LogP) is 2.38. The topological polar surface area (TPSA) is 50.4 Å². The first-order chi connectivity index (χ1) is 10.6. The monoisotopic (exact) mass is 304 g/mol. The zero-order chi connectivity index (χ0) is 15.8. The fourth-order valence-corrected chi connectivity index (χ4v) is 2.14. The number of hydrogen-bond acceptors (Lipinski definition) is 3. The Bertz CT molecular complexity index is 453. The molecule has 1 aromatic carbocycles. The minimum absolute atomic E-state index is 0.0811. The molecule has 1 aliphatic carbocycles. The quantitative estimate of drug-likeness (QED) is 0.698. The van der Waals surface area contributed by atoms with Crippen molar-refractivity contribution < 1.29 is 9.53 Å². The van der Waals surface area contributed by atoms with Gasteiger partial charge < -0.3 is 15.4 Å². The Hall–Kier alpha value is -1.55. The maximum Gasteiger partial charge on any atom is 0.233 e. The van der Waals surface area contributed by atoms with E-state index in [-0.39, 0.29) is 5.91 Å². The molecule has 4 nitrogen and oxygen atoms in total. The largest absolute Gasteiger partial charge is 0.493 e. The highest BCUT2D eigenvalue weighted by Gasteiger charge is 2.20. The number of hydrogen-bond donors (Lipinski definition) is 2. The van der Waals surface area contributed by atoms with Crippen molar-refractivity contribution in [1.29, 1.82) is 0 Å². The minimum Gasteiger partial charge on any atom is -0.493 e. The molecule has 0 atom stereocenters. The molecular weight excluding hydrogens is 276 g/mol. The summed E-state index contributed by atoms with van der Waals surface area (Å²) in [4.78, 5) is 11.6. The van der Waals surface area contributed by atoms with E-state index in [2.05, 4.69) is 36.6 Å². The molecule has 22 heavy (non-hydrogen) atoms. The van der Waals surface area contributed by atoms with Gasteiger partial charge in [0.2, 0.25) is 5.91 Å². The number of nitrogens with one attached hydrogen (secondary N) is 2. The second-order valence-electron chi connectivity index (χ2n) is 6.52. The summed E-state index contributed by atoms with van der Waals surface area (Å²) in [6, 6.07) is 8.12. The standard InChI is InChI=1S/C18H28N2O2/c1-14(2)13-22-17-7-5-15(6-8-17)9-10-20-18(21)12-19-11-16-3-4-16/h5-8,14,16,19H,3-4,9-13H2,1-2H3,(H,20,21). The lowest BCUT2D eigenvalue weighted by Crippen LogP contribution is -2.35. The Labute approximate surface area is 133 Å². The van der Waals surface area contributed by atoms with Gasteiger partial charge in [0.15, 0.2) is 0 Å². The van der Waals surface area contributed by atoms with Crippen LogP contribution in [-0.2, 0) is 11.2 Å². The average molecular weight is 304 g/mol. The summed E-state index contributed by atoms with van der Waals surface area (Å²) in [7, 11) is 0. The van der Waals surface area contributed by atoms with E-state index in [1.54, 1.807) is 0 Å². The number of carbonyl (C=O) groups excluding carboxylic acids is 1. The van der Waals surface area contributed by atoms with Crippen molar-refractivity contribution in [2.45, 2.75) is 33.1 Å². The summed E-state index contributed by atoms with van der Waals surface area (Å²) in [5.41, 5.74) is 1.21. The average Bonchev–Trinajstić information content (AvgIpc) is 3.30. The van der Waals surface area contributed by atoms with Crippen LogP contribution in [0.4, 0.5) is 0 Å². The molecule has 2 N–H and O–H groups in total. The summed E-state index contributed by atoms with van der Waals surface area (Å²) in [6.45, 7) is 7.09. The van der Waals surface area contributed by atoms with E-state index >= 15 is 0 Å². The molecule has 1 aromatic rings. The van der Waals surface area contributed by atoms with Gasteiger partial charge in [-0.2, -0.15) is 0 Å². The van der Waals surface area contributed by atoms with E-state index in [1.165, 1.54) is 18.4 Å². The van der Waals surface area contributed by atoms with Crippen LogP contribution in [0.2, 0.25) is 0 Å². The molecule has 2 rings (SSSR count). The van der Waals surface area contributed by atoms with Crippen LogP contribution in [0.1, 0.15) is 32.3 Å². The number of amides is 1. The molecule has 1 aliphatic rings. The van der Waals surface area contributed by atoms with Crippen LogP contribution < -0.4 is 15.4 Å². The Morgan fingerprint density at radius 1 is 1.27 bits per heavy atom. The van der Waals surface area contributed by atoms with Gasteiger partial charge in [-0.05, 0) is 55.3 Å². The lowest BCUT2D eigenvalue weighted by atomic mass is 10.1. The van der Waals surface area contributed by atoms with Crippen molar-refractivity contribution in [1.82, 2.24) is 10.6 Å². The molecule has 0 saturated heterocycles. The first-order valence-electron chi connectivity index (χ1n) is 8.32. The van der Waals surface area contributed by atoms with Gasteiger partial charge in [-0.1, -0.05) is 26.0 Å². The lowest BCUT2D eigenvalue weighted by Gasteiger charge is -2.10. The molecule has 4 heteroatoms. The van der Waals surface area contributed by atoms with E-state index in [9.17, 15) is 4.79 Å². The lowest BCUT2D eigenvalue weighted by molar-refractivity contribution is -0.120. The maximum atomic E-state index is 11.6. The third-order valence-electron chi connectivity index (χ3n) is 3.66. The van der Waals surface area contributed by atoms with Crippen LogP contribution >= 0.6 is 0 Å². The Morgan fingerprint density at radius 2 is 2.00 bits per heavy atom. The third-order valence-corrected chi connectivity index (χ3v) is 3.66. The second kappa shape index (κ2) is 8.79. The molecule has 0 aromatic heterocycles. The van der Waals surface area contributed by atoms with Gasteiger partial charge in [-0.3, -0.25) is 4.79 Å². The highest BCUT2D eigenvalue weighted by Crippen LogP contribution is 2.27. The minimum atomic E-state index is 0.0811. The summed E-state index contributed by atoms with van der Waals surface area (Å²) < 4.78 is 5.66. The van der Waals surface area contributed by atoms with Crippen LogP contribution in [0.15, 0.2) is 24.3 Å². The van der Waals surface area contributed by atoms with Gasteiger partial charge in [0.25, 0.3) is 0 Å². The van der Waals surface area contributed by atoms with Crippen molar-refractivity contribution in [2.24, 2.45) is 11.8 Å². The Morgan fingerprint density at radius 3 is 2.64 bits per heavy atom. The summed E-state index contributed by atoms with van der Waals surface area (Å²) in [5.74, 6) is 2.33. The van der Waals surface area contributed by atoms with Gasteiger partial charge in [-0.15, -0.1) is 0 Å². The molecule has 1 saturated carbocycles. The number of benzene rings is 1. The van der Waals surface area contributed by atoms with E-state index in [0.717, 1.165) is 31.2 Å². The van der Waals surface area contributed by atoms with E-state index in [4.69, 9.17) is 4.74 Å². The molecule has 0 spiro atoms. The summed E-state index contributed by atoms with van der Waals surface area (Å²) >= 11 is 0. The maximum absolute atomic E-state index is 11.6. The highest BCUT2D eigenvalue weighted by atomic mass is 16.5. The van der Waals surface area contributed by atoms with Crippen LogP contribution in [-0.4, -0.2) is 32.1 Å². The van der Waals surface area contributed by atoms with Gasteiger partial charge in [-0.25, -0.2) is 0 Å². The smallest absolute Gasteiger partial charge is 0.233 e. The molecule has 122 valence electrons. The number of carbonyl (C=O) groups is 1. The first kappa shape index (κ1) is 16.8. The molecular formula is C18H28N2O2. The van der Waals surface area contributed by atoms with Crippen molar-refractivity contribution >= 4 is 5.91 Å². The molecule has 1 amide bonds. The van der Waals surface area contributed by atoms with Gasteiger partial charge in [0.1, 0.15) is 5.75 Å². The molecule has 0 unspecified atom stereocenters. The van der Waals surface area contributed by atoms with E-state index in [1.807, 2.05) is 12.1 Å². The summed E-state index contributed by atoms with van der Waals surface area (Å²) in [6.07, 6.45) is 3.47. The number of ether oxygens (including phenoxy) is 1. The second-order valence-corrected chi connectivity index (χ2v) is 6.52. The Kier molecular flexibility index (Phi) is 6.72. The van der Waals surface area contributed by atoms with E-state index in [0.29, 0.717) is 19.0 Å². The van der Waals surface area contributed by atoms with Gasteiger partial charge in [0.05, 0.1) is 13.2 Å². The van der Waals surface area contributed by atoms with Crippen LogP contribution in [0.25, 0.3) is 0 Å². The van der Waals surface area contributed by atoms with Crippen molar-refractivity contribution in [2.75, 3.05) is 26.2 Å². The Balaban J connectivity index is 1.58. The zero-order valence-corrected chi connectivity index (χ0v) is 13.7. The molecule has 0 heterocycles. The SMILES string of the molecule is CC(C)COc1ccc(CCNC(=O)CNCC2CC2)cc1. The highest BCUT2D eigenvalue weighted by molar-refractivity contribution is 5.77. The molecule has 0 radical (unpaired) electrons. The fourth-order valence-electron chi connectivity index (χ4n) is 2.14. The van der Waals surface area contributed by atoms with Gasteiger partial charge in [0, 0.05) is 6.54 Å². The molecule has 0 aliphatic heterocycles. The molecule has 1 fully saturated rings. The van der Waals surface area contributed by atoms with Crippen molar-refractivity contribution in [3.8, 4) is 5.75 Å². The van der Waals surface area contributed by atoms with Crippen LogP contribution in [0.3, 0.4) is 0 Å². The predicted molar refractivity (Wildman–Crippen MR) is 89.1 cm³/mol. The van der Waals surface area contributed by atoms with E-state index < -0.39 is 0 Å². The number of rotatable bonds is 10. The first-order valence-corrected chi connectivity index (χ1v) is 8.32. The van der Waals surface area contributed by atoms with Crippen LogP contribution in [0.5, 0.6) is 5.75 Å². The fraction of sp³-hybridized carbons (Fsp3) is 0.611. The van der Waals surface area contributed by atoms with Gasteiger partial charge >= 0.3 is 0 Å². The third kappa shape index (κ3) is 6.94. The summed E-state index contributed by atoms with van der Waals surface area (Å²) in [5, 5.41) is 6.15. The normalized spacial score (nSPS) is 14.1.